The monoisotopic (exact) mass is 475 g/mol. The summed E-state index contributed by atoms with van der Waals surface area (Å²) in [6.45, 7) is -0.178. The number of nitrogens with one attached hydrogen (secondary N) is 2. The van der Waals surface area contributed by atoms with Gasteiger partial charge >= 0.3 is 12.1 Å². The molecule has 32 heavy (non-hydrogen) atoms. The molecule has 0 saturated carbocycles. The van der Waals surface area contributed by atoms with E-state index in [1.807, 2.05) is 0 Å². The minimum absolute atomic E-state index is 0.186. The third-order valence-corrected chi connectivity index (χ3v) is 5.86. The molecule has 13 heteroatoms. The van der Waals surface area contributed by atoms with Gasteiger partial charge in [-0.3, -0.25) is 19.2 Å². The molecule has 1 aromatic carbocycles. The number of ether oxygens (including phenoxy) is 1. The Labute approximate surface area is 184 Å². The van der Waals surface area contributed by atoms with Crippen LogP contribution in [0.4, 0.5) is 13.2 Å². The number of alkyl halides is 3. The first-order chi connectivity index (χ1) is 15.0. The number of esters is 1. The Morgan fingerprint density at radius 3 is 2.66 bits per heavy atom. The van der Waals surface area contributed by atoms with Crippen LogP contribution in [-0.2, 0) is 25.3 Å². The fourth-order valence-electron chi connectivity index (χ4n) is 3.21. The molecule has 9 nitrogen and oxygen atoms in total. The number of benzene rings is 1. The van der Waals surface area contributed by atoms with Crippen molar-refractivity contribution in [3.05, 3.63) is 35.4 Å². The van der Waals surface area contributed by atoms with Crippen LogP contribution >= 0.6 is 11.8 Å². The summed E-state index contributed by atoms with van der Waals surface area (Å²) < 4.78 is 43.2. The van der Waals surface area contributed by atoms with E-state index in [0.29, 0.717) is 11.8 Å². The van der Waals surface area contributed by atoms with Crippen molar-refractivity contribution in [1.29, 1.82) is 0 Å². The number of nitrogens with zero attached hydrogens (tertiary/aromatic N) is 1. The molecule has 2 heterocycles. The van der Waals surface area contributed by atoms with Crippen molar-refractivity contribution in [2.75, 3.05) is 24.6 Å². The van der Waals surface area contributed by atoms with Crippen molar-refractivity contribution in [2.45, 2.75) is 31.0 Å². The summed E-state index contributed by atoms with van der Waals surface area (Å²) in [5.41, 5.74) is -1.23. The van der Waals surface area contributed by atoms with Crippen molar-refractivity contribution >= 4 is 35.5 Å². The molecule has 174 valence electrons. The van der Waals surface area contributed by atoms with Gasteiger partial charge < -0.3 is 25.4 Å². The van der Waals surface area contributed by atoms with Crippen LogP contribution in [-0.4, -0.2) is 76.7 Å². The van der Waals surface area contributed by atoms with Gasteiger partial charge in [-0.2, -0.15) is 24.9 Å². The Balaban J connectivity index is 1.62. The van der Waals surface area contributed by atoms with Gasteiger partial charge in [0.2, 0.25) is 18.1 Å². The standard InChI is InChI=1S/C19H20F3N3O6S/c20-19(21,22)11-3-1-2-10(6-11)16(28)24-13-9-32-5-4-25(17(13)29)8-14(26)23-12-7-15(27)31-18(12)30/h1-3,6,12-13,18,30H,4-5,7-9H2,(H,23,26)(H,24,28)/t12-,13-,18?/m0/s1. The third kappa shape index (κ3) is 5.91. The molecule has 2 fully saturated rings. The molecule has 0 radical (unpaired) electrons. The van der Waals surface area contributed by atoms with E-state index in [2.05, 4.69) is 15.4 Å². The number of hydrogen-bond acceptors (Lipinski definition) is 7. The summed E-state index contributed by atoms with van der Waals surface area (Å²) >= 11 is 1.34. The maximum Gasteiger partial charge on any atom is 0.416 e. The molecule has 0 spiro atoms. The fraction of sp³-hybridized carbons (Fsp3) is 0.474. The molecule has 3 atom stereocenters. The van der Waals surface area contributed by atoms with Crippen molar-refractivity contribution in [1.82, 2.24) is 15.5 Å². The lowest BCUT2D eigenvalue weighted by atomic mass is 10.1. The number of amides is 3. The number of thioether (sulfide) groups is 1. The van der Waals surface area contributed by atoms with E-state index in [1.54, 1.807) is 0 Å². The minimum atomic E-state index is -4.61. The van der Waals surface area contributed by atoms with Crippen LogP contribution in [0.2, 0.25) is 0 Å². The molecule has 2 aliphatic rings. The lowest BCUT2D eigenvalue weighted by molar-refractivity contribution is -0.155. The molecule has 0 aliphatic carbocycles. The summed E-state index contributed by atoms with van der Waals surface area (Å²) in [4.78, 5) is 50.0. The van der Waals surface area contributed by atoms with Gasteiger partial charge in [0.15, 0.2) is 0 Å². The molecule has 0 aromatic heterocycles. The summed E-state index contributed by atoms with van der Waals surface area (Å²) in [5, 5.41) is 14.4. The van der Waals surface area contributed by atoms with Gasteiger partial charge in [-0.25, -0.2) is 0 Å². The maximum atomic E-state index is 12.9. The number of carbonyl (C=O) groups excluding carboxylic acids is 4. The average molecular weight is 475 g/mol. The smallest absolute Gasteiger partial charge is 0.416 e. The predicted octanol–water partition coefficient (Wildman–Crippen LogP) is 0.129. The zero-order chi connectivity index (χ0) is 23.5. The zero-order valence-electron chi connectivity index (χ0n) is 16.6. The minimum Gasteiger partial charge on any atom is -0.434 e. The SMILES string of the molecule is O=C(CN1CCSC[C@H](NC(=O)c2cccc(C(F)(F)F)c2)C1=O)N[C@H]1CC(=O)OC1O. The van der Waals surface area contributed by atoms with Crippen LogP contribution in [0, 0.1) is 0 Å². The van der Waals surface area contributed by atoms with E-state index < -0.39 is 53.8 Å². The van der Waals surface area contributed by atoms with Crippen LogP contribution in [0.5, 0.6) is 0 Å². The lowest BCUT2D eigenvalue weighted by Gasteiger charge is -2.25. The van der Waals surface area contributed by atoms with Crippen LogP contribution < -0.4 is 10.6 Å². The maximum absolute atomic E-state index is 12.9. The Hall–Kier alpha value is -2.80. The quantitative estimate of drug-likeness (QED) is 0.517. The topological polar surface area (TPSA) is 125 Å². The van der Waals surface area contributed by atoms with E-state index in [0.717, 1.165) is 12.1 Å². The van der Waals surface area contributed by atoms with E-state index in [-0.39, 0.29) is 30.8 Å². The van der Waals surface area contributed by atoms with Gasteiger partial charge in [0.25, 0.3) is 5.91 Å². The Morgan fingerprint density at radius 1 is 1.25 bits per heavy atom. The second kappa shape index (κ2) is 9.77. The highest BCUT2D eigenvalue weighted by atomic mass is 32.2. The first kappa shape index (κ1) is 23.9. The highest BCUT2D eigenvalue weighted by Crippen LogP contribution is 2.29. The van der Waals surface area contributed by atoms with Crippen molar-refractivity contribution in [3.63, 3.8) is 0 Å². The van der Waals surface area contributed by atoms with Crippen LogP contribution in [0.1, 0.15) is 22.3 Å². The summed E-state index contributed by atoms with van der Waals surface area (Å²) in [6.07, 6.45) is -6.29. The van der Waals surface area contributed by atoms with Crippen molar-refractivity contribution in [2.24, 2.45) is 0 Å². The molecule has 3 amide bonds. The number of halogens is 3. The van der Waals surface area contributed by atoms with Gasteiger partial charge in [-0.15, -0.1) is 0 Å². The van der Waals surface area contributed by atoms with Gasteiger partial charge in [0.05, 0.1) is 18.5 Å². The third-order valence-electron chi connectivity index (χ3n) is 4.82. The van der Waals surface area contributed by atoms with Gasteiger partial charge in [-0.1, -0.05) is 6.07 Å². The first-order valence-electron chi connectivity index (χ1n) is 9.56. The second-order valence-corrected chi connectivity index (χ2v) is 8.35. The Bertz CT molecular complexity index is 913. The molecular formula is C19H20F3N3O6S. The van der Waals surface area contributed by atoms with Crippen LogP contribution in [0.3, 0.4) is 0 Å². The zero-order valence-corrected chi connectivity index (χ0v) is 17.4. The molecule has 0 bridgehead atoms. The summed E-state index contributed by atoms with van der Waals surface area (Å²) in [5.74, 6) is -2.04. The lowest BCUT2D eigenvalue weighted by Crippen LogP contribution is -2.52. The molecule has 1 aromatic rings. The molecule has 3 N–H and O–H groups in total. The number of hydrogen-bond donors (Lipinski definition) is 3. The van der Waals surface area contributed by atoms with E-state index in [4.69, 9.17) is 0 Å². The van der Waals surface area contributed by atoms with E-state index >= 15 is 0 Å². The summed E-state index contributed by atoms with van der Waals surface area (Å²) in [6, 6.07) is 1.88. The van der Waals surface area contributed by atoms with Crippen LogP contribution in [0.15, 0.2) is 24.3 Å². The van der Waals surface area contributed by atoms with Gasteiger partial charge in [-0.05, 0) is 18.2 Å². The van der Waals surface area contributed by atoms with Crippen LogP contribution in [0.25, 0.3) is 0 Å². The largest absolute Gasteiger partial charge is 0.434 e. The predicted molar refractivity (Wildman–Crippen MR) is 105 cm³/mol. The number of aliphatic hydroxyl groups excluding tert-OH is 1. The highest BCUT2D eigenvalue weighted by molar-refractivity contribution is 7.99. The van der Waals surface area contributed by atoms with Gasteiger partial charge in [0, 0.05) is 23.6 Å². The fourth-order valence-corrected chi connectivity index (χ4v) is 4.19. The molecule has 2 aliphatic heterocycles. The number of cyclic esters (lactones) is 1. The van der Waals surface area contributed by atoms with E-state index in [9.17, 15) is 37.5 Å². The molecule has 3 rings (SSSR count). The molecule has 2 saturated heterocycles. The second-order valence-electron chi connectivity index (χ2n) is 7.20. The Kier molecular flexibility index (Phi) is 7.29. The molecular weight excluding hydrogens is 455 g/mol. The average Bonchev–Trinajstić information content (AvgIpc) is 2.94. The van der Waals surface area contributed by atoms with Crippen molar-refractivity contribution < 1.29 is 42.2 Å². The number of aliphatic hydroxyl groups is 1. The van der Waals surface area contributed by atoms with Crippen molar-refractivity contribution in [3.8, 4) is 0 Å². The number of carbonyl (C=O) groups is 4. The Morgan fingerprint density at radius 2 is 2.00 bits per heavy atom. The van der Waals surface area contributed by atoms with Gasteiger partial charge in [0.1, 0.15) is 12.1 Å². The normalized spacial score (nSPS) is 24.0. The molecule has 1 unspecified atom stereocenters. The first-order valence-corrected chi connectivity index (χ1v) is 10.7. The van der Waals surface area contributed by atoms with E-state index in [1.165, 1.54) is 22.7 Å². The summed E-state index contributed by atoms with van der Waals surface area (Å²) in [7, 11) is 0. The highest BCUT2D eigenvalue weighted by Gasteiger charge is 2.36. The number of rotatable bonds is 5.